The molecule has 0 saturated carbocycles. The van der Waals surface area contributed by atoms with Gasteiger partial charge in [-0.3, -0.25) is 9.52 Å². The van der Waals surface area contributed by atoms with Gasteiger partial charge in [0.2, 0.25) is 0 Å². The van der Waals surface area contributed by atoms with Crippen LogP contribution in [0.4, 0.5) is 5.69 Å². The normalized spacial score (nSPS) is 16.5. The van der Waals surface area contributed by atoms with E-state index < -0.39 is 10.0 Å². The van der Waals surface area contributed by atoms with Gasteiger partial charge in [0, 0.05) is 22.7 Å². The second-order valence-corrected chi connectivity index (χ2v) is 9.40. The van der Waals surface area contributed by atoms with E-state index in [-0.39, 0.29) is 16.8 Å². The van der Waals surface area contributed by atoms with Gasteiger partial charge in [-0.05, 0) is 66.8 Å². The molecule has 0 aliphatic carbocycles. The minimum atomic E-state index is -3.70. The monoisotopic (exact) mass is 412 g/mol. The Bertz CT molecular complexity index is 1090. The first-order valence-corrected chi connectivity index (χ1v) is 11.4. The molecule has 5 nitrogen and oxygen atoms in total. The number of benzene rings is 2. The zero-order valence-corrected chi connectivity index (χ0v) is 17.0. The van der Waals surface area contributed by atoms with Gasteiger partial charge in [-0.1, -0.05) is 18.2 Å². The first kappa shape index (κ1) is 18.7. The molecule has 0 radical (unpaired) electrons. The molecule has 0 bridgehead atoms. The summed E-state index contributed by atoms with van der Waals surface area (Å²) in [6, 6.07) is 16.9. The highest BCUT2D eigenvalue weighted by Gasteiger charge is 2.29. The number of carbonyl (C=O) groups excluding carboxylic acids is 1. The summed E-state index contributed by atoms with van der Waals surface area (Å²) >= 11 is 1.73. The lowest BCUT2D eigenvalue weighted by molar-refractivity contribution is 0.0679. The van der Waals surface area contributed by atoms with E-state index in [2.05, 4.69) is 16.2 Å². The number of fused-ring (bicyclic) bond motifs is 1. The zero-order valence-electron chi connectivity index (χ0n) is 15.3. The van der Waals surface area contributed by atoms with Crippen LogP contribution in [0.1, 0.15) is 33.8 Å². The molecule has 1 aliphatic heterocycles. The van der Waals surface area contributed by atoms with Crippen LogP contribution in [0.3, 0.4) is 0 Å². The quantitative estimate of drug-likeness (QED) is 0.694. The maximum atomic E-state index is 13.0. The van der Waals surface area contributed by atoms with Gasteiger partial charge >= 0.3 is 0 Å². The lowest BCUT2D eigenvalue weighted by Crippen LogP contribution is -2.38. The van der Waals surface area contributed by atoms with Crippen molar-refractivity contribution in [2.45, 2.75) is 24.3 Å². The average molecular weight is 413 g/mol. The molecule has 7 heteroatoms. The molecule has 2 heterocycles. The van der Waals surface area contributed by atoms with Crippen molar-refractivity contribution >= 4 is 33.0 Å². The Morgan fingerprint density at radius 1 is 1.07 bits per heavy atom. The average Bonchev–Trinajstić information content (AvgIpc) is 3.18. The third-order valence-corrected chi connectivity index (χ3v) is 7.37. The van der Waals surface area contributed by atoms with Gasteiger partial charge in [0.15, 0.2) is 0 Å². The Balaban J connectivity index is 1.52. The molecule has 0 saturated heterocycles. The van der Waals surface area contributed by atoms with Gasteiger partial charge in [0.1, 0.15) is 0 Å². The van der Waals surface area contributed by atoms with E-state index in [9.17, 15) is 13.2 Å². The van der Waals surface area contributed by atoms with E-state index in [1.807, 2.05) is 17.9 Å². The third-order valence-electron chi connectivity index (χ3n) is 4.98. The van der Waals surface area contributed by atoms with E-state index in [1.165, 1.54) is 22.6 Å². The number of rotatable bonds is 4. The Morgan fingerprint density at radius 2 is 1.79 bits per heavy atom. The molecule has 1 amide bonds. The smallest absolute Gasteiger partial charge is 0.261 e. The predicted octanol–water partition coefficient (Wildman–Crippen LogP) is 4.31. The fourth-order valence-corrected chi connectivity index (χ4v) is 5.47. The summed E-state index contributed by atoms with van der Waals surface area (Å²) < 4.78 is 27.6. The molecule has 3 aromatic rings. The summed E-state index contributed by atoms with van der Waals surface area (Å²) in [5.74, 6) is -0.0793. The first-order valence-electron chi connectivity index (χ1n) is 9.01. The summed E-state index contributed by atoms with van der Waals surface area (Å²) in [5.41, 5.74) is 2.19. The second kappa shape index (κ2) is 7.41. The second-order valence-electron chi connectivity index (χ2n) is 6.72. The van der Waals surface area contributed by atoms with Crippen molar-refractivity contribution in [1.29, 1.82) is 0 Å². The maximum Gasteiger partial charge on any atom is 0.261 e. The summed E-state index contributed by atoms with van der Waals surface area (Å²) in [4.78, 5) is 16.3. The largest absolute Gasteiger partial charge is 0.331 e. The van der Waals surface area contributed by atoms with E-state index >= 15 is 0 Å². The van der Waals surface area contributed by atoms with Crippen LogP contribution in [0, 0.1) is 0 Å². The van der Waals surface area contributed by atoms with Crippen molar-refractivity contribution in [3.8, 4) is 0 Å². The standard InChI is InChI=1S/C21H20N2O3S2/c1-15-19-12-14-27-20(19)11-13-23(15)21(24)16-7-9-18(10-8-16)28(25,26)22-17-5-3-2-4-6-17/h2-10,12,14-15,22H,11,13H2,1H3/t15-/m1/s1. The number of thiophene rings is 1. The number of amides is 1. The van der Waals surface area contributed by atoms with Gasteiger partial charge < -0.3 is 4.90 Å². The fraction of sp³-hybridized carbons (Fsp3) is 0.190. The molecule has 0 fully saturated rings. The van der Waals surface area contributed by atoms with E-state index in [0.717, 1.165) is 6.42 Å². The molecular formula is C21H20N2O3S2. The number of hydrogen-bond donors (Lipinski definition) is 1. The van der Waals surface area contributed by atoms with Crippen LogP contribution in [-0.2, 0) is 16.4 Å². The van der Waals surface area contributed by atoms with Crippen LogP contribution >= 0.6 is 11.3 Å². The van der Waals surface area contributed by atoms with Crippen LogP contribution in [0.2, 0.25) is 0 Å². The Hall–Kier alpha value is -2.64. The highest BCUT2D eigenvalue weighted by atomic mass is 32.2. The molecule has 1 aromatic heterocycles. The Morgan fingerprint density at radius 3 is 2.50 bits per heavy atom. The van der Waals surface area contributed by atoms with Crippen molar-refractivity contribution in [3.63, 3.8) is 0 Å². The van der Waals surface area contributed by atoms with Gasteiger partial charge in [-0.15, -0.1) is 11.3 Å². The number of para-hydroxylation sites is 1. The van der Waals surface area contributed by atoms with Crippen molar-refractivity contribution < 1.29 is 13.2 Å². The van der Waals surface area contributed by atoms with Gasteiger partial charge in [-0.2, -0.15) is 0 Å². The van der Waals surface area contributed by atoms with Crippen LogP contribution in [0.5, 0.6) is 0 Å². The number of anilines is 1. The minimum Gasteiger partial charge on any atom is -0.331 e. The van der Waals surface area contributed by atoms with E-state index in [4.69, 9.17) is 0 Å². The van der Waals surface area contributed by atoms with Gasteiger partial charge in [0.25, 0.3) is 15.9 Å². The summed E-state index contributed by atoms with van der Waals surface area (Å²) in [6.07, 6.45) is 0.858. The fourth-order valence-electron chi connectivity index (χ4n) is 3.45. The third kappa shape index (κ3) is 3.55. The van der Waals surface area contributed by atoms with Crippen molar-refractivity contribution in [2.75, 3.05) is 11.3 Å². The van der Waals surface area contributed by atoms with E-state index in [0.29, 0.717) is 17.8 Å². The maximum absolute atomic E-state index is 13.0. The summed E-state index contributed by atoms with van der Waals surface area (Å²) in [6.45, 7) is 2.70. The number of sulfonamides is 1. The lowest BCUT2D eigenvalue weighted by Gasteiger charge is -2.33. The molecule has 1 atom stereocenters. The zero-order chi connectivity index (χ0) is 19.7. The molecular weight excluding hydrogens is 392 g/mol. The van der Waals surface area contributed by atoms with Crippen molar-refractivity contribution in [2.24, 2.45) is 0 Å². The van der Waals surface area contributed by atoms with Crippen molar-refractivity contribution in [1.82, 2.24) is 4.90 Å². The van der Waals surface area contributed by atoms with Crippen LogP contribution < -0.4 is 4.72 Å². The molecule has 1 aliphatic rings. The number of nitrogens with one attached hydrogen (secondary N) is 1. The Labute approximate surface area is 168 Å². The number of nitrogens with zero attached hydrogens (tertiary/aromatic N) is 1. The van der Waals surface area contributed by atoms with Crippen molar-refractivity contribution in [3.05, 3.63) is 82.0 Å². The number of carbonyl (C=O) groups is 1. The SMILES string of the molecule is C[C@@H]1c2ccsc2CCN1C(=O)c1ccc(S(=O)(=O)Nc2ccccc2)cc1. The highest BCUT2D eigenvalue weighted by molar-refractivity contribution is 7.92. The number of hydrogen-bond acceptors (Lipinski definition) is 4. The predicted molar refractivity (Wildman–Crippen MR) is 111 cm³/mol. The summed E-state index contributed by atoms with van der Waals surface area (Å²) in [7, 11) is -3.70. The van der Waals surface area contributed by atoms with Crippen LogP contribution in [0.15, 0.2) is 70.9 Å². The first-order chi connectivity index (χ1) is 13.5. The highest BCUT2D eigenvalue weighted by Crippen LogP contribution is 2.33. The summed E-state index contributed by atoms with van der Waals surface area (Å²) in [5, 5.41) is 2.06. The van der Waals surface area contributed by atoms with Crippen LogP contribution in [-0.4, -0.2) is 25.8 Å². The molecule has 2 aromatic carbocycles. The molecule has 0 unspecified atom stereocenters. The topological polar surface area (TPSA) is 66.5 Å². The molecule has 4 rings (SSSR count). The molecule has 0 spiro atoms. The van der Waals surface area contributed by atoms with Crippen LogP contribution in [0.25, 0.3) is 0 Å². The molecule has 28 heavy (non-hydrogen) atoms. The minimum absolute atomic E-state index is 0.0191. The lowest BCUT2D eigenvalue weighted by atomic mass is 10.0. The van der Waals surface area contributed by atoms with Gasteiger partial charge in [0.05, 0.1) is 10.9 Å². The van der Waals surface area contributed by atoms with Gasteiger partial charge in [-0.25, -0.2) is 8.42 Å². The molecule has 1 N–H and O–H groups in total. The molecule has 144 valence electrons. The Kier molecular flexibility index (Phi) is 4.95. The van der Waals surface area contributed by atoms with E-state index in [1.54, 1.807) is 47.7 Å².